The molecule has 1 aliphatic heterocycles. The number of guanidine groups is 1. The smallest absolute Gasteiger partial charge is 0.193 e. The number of methoxy groups -OCH3 is 1. The lowest BCUT2D eigenvalue weighted by atomic mass is 10.2. The predicted molar refractivity (Wildman–Crippen MR) is 105 cm³/mol. The molecule has 1 fully saturated rings. The Hall–Kier alpha value is -0.740. The fourth-order valence-corrected chi connectivity index (χ4v) is 4.38. The van der Waals surface area contributed by atoms with Crippen LogP contribution in [0.1, 0.15) is 19.3 Å². The summed E-state index contributed by atoms with van der Waals surface area (Å²) < 4.78 is 28.9. The number of nitrogens with one attached hydrogen (secondary N) is 1. The van der Waals surface area contributed by atoms with E-state index < -0.39 is 15.1 Å². The number of nitrogens with zero attached hydrogens (tertiary/aromatic N) is 1. The highest BCUT2D eigenvalue weighted by molar-refractivity contribution is 14.0. The molecule has 0 saturated carbocycles. The quantitative estimate of drug-likeness (QED) is 0.398. The van der Waals surface area contributed by atoms with Gasteiger partial charge in [-0.05, 0) is 31.0 Å². The number of hydrogen-bond donors (Lipinski definition) is 2. The van der Waals surface area contributed by atoms with Gasteiger partial charge < -0.3 is 15.8 Å². The number of benzene rings is 1. The van der Waals surface area contributed by atoms with Crippen LogP contribution in [0.3, 0.4) is 0 Å². The van der Waals surface area contributed by atoms with E-state index in [0.717, 1.165) is 12.8 Å². The molecule has 130 valence electrons. The lowest BCUT2D eigenvalue weighted by molar-refractivity contribution is 0.415. The van der Waals surface area contributed by atoms with Crippen LogP contribution in [0.4, 0.5) is 5.69 Å². The summed E-state index contributed by atoms with van der Waals surface area (Å²) in [5.74, 6) is 0.979. The Labute approximate surface area is 158 Å². The molecule has 1 unspecified atom stereocenters. The minimum Gasteiger partial charge on any atom is -0.495 e. The first-order chi connectivity index (χ1) is 10.4. The number of halogens is 2. The van der Waals surface area contributed by atoms with Gasteiger partial charge in [-0.2, -0.15) is 0 Å². The minimum atomic E-state index is -3.04. The van der Waals surface area contributed by atoms with Crippen molar-refractivity contribution in [2.75, 3.05) is 24.7 Å². The maximum Gasteiger partial charge on any atom is 0.193 e. The summed E-state index contributed by atoms with van der Waals surface area (Å²) in [7, 11) is -1.50. The van der Waals surface area contributed by atoms with Crippen LogP contribution in [0.5, 0.6) is 5.75 Å². The highest BCUT2D eigenvalue weighted by atomic mass is 127. The van der Waals surface area contributed by atoms with Crippen molar-refractivity contribution < 1.29 is 13.2 Å². The average molecular weight is 474 g/mol. The van der Waals surface area contributed by atoms with E-state index in [0.29, 0.717) is 22.9 Å². The molecule has 1 aliphatic rings. The van der Waals surface area contributed by atoms with Gasteiger partial charge >= 0.3 is 0 Å². The summed E-state index contributed by atoms with van der Waals surface area (Å²) >= 11 is 6.02. The molecule has 3 N–H and O–H groups in total. The van der Waals surface area contributed by atoms with Crippen molar-refractivity contribution >= 4 is 57.1 Å². The molecule has 0 radical (unpaired) electrons. The van der Waals surface area contributed by atoms with Gasteiger partial charge in [-0.25, -0.2) is 8.42 Å². The fraction of sp³-hybridized carbons (Fsp3) is 0.500. The summed E-state index contributed by atoms with van der Waals surface area (Å²) in [5, 5.41) is 2.92. The Balaban J connectivity index is 0.00000264. The third-order valence-electron chi connectivity index (χ3n) is 3.60. The highest BCUT2D eigenvalue weighted by Gasteiger charge is 2.28. The van der Waals surface area contributed by atoms with Gasteiger partial charge in [-0.3, -0.25) is 4.99 Å². The first-order valence-electron chi connectivity index (χ1n) is 7.04. The van der Waals surface area contributed by atoms with Gasteiger partial charge in [-0.15, -0.1) is 24.0 Å². The van der Waals surface area contributed by atoms with E-state index >= 15 is 0 Å². The SMILES string of the molecule is COc1ccc(NC(N)=NCC2CCCCS2(=O)=O)cc1Cl.I. The van der Waals surface area contributed by atoms with Crippen LogP contribution in [0.2, 0.25) is 5.02 Å². The van der Waals surface area contributed by atoms with E-state index in [-0.39, 0.29) is 42.2 Å². The van der Waals surface area contributed by atoms with Gasteiger partial charge in [0.1, 0.15) is 5.75 Å². The summed E-state index contributed by atoms with van der Waals surface area (Å²) in [5.41, 5.74) is 6.47. The van der Waals surface area contributed by atoms with E-state index in [1.165, 1.54) is 7.11 Å². The van der Waals surface area contributed by atoms with Crippen LogP contribution in [0, 0.1) is 0 Å². The van der Waals surface area contributed by atoms with E-state index in [1.807, 2.05) is 0 Å². The van der Waals surface area contributed by atoms with Crippen LogP contribution in [0.25, 0.3) is 0 Å². The molecule has 0 aliphatic carbocycles. The van der Waals surface area contributed by atoms with Crippen molar-refractivity contribution in [3.63, 3.8) is 0 Å². The zero-order valence-electron chi connectivity index (χ0n) is 12.8. The number of nitrogens with two attached hydrogens (primary N) is 1. The Bertz CT molecular complexity index is 667. The van der Waals surface area contributed by atoms with Gasteiger partial charge in [0.2, 0.25) is 0 Å². The Morgan fingerprint density at radius 3 is 2.83 bits per heavy atom. The molecule has 2 rings (SSSR count). The van der Waals surface area contributed by atoms with Gasteiger partial charge in [0.15, 0.2) is 15.8 Å². The highest BCUT2D eigenvalue weighted by Crippen LogP contribution is 2.27. The van der Waals surface area contributed by atoms with Crippen molar-refractivity contribution in [3.8, 4) is 5.75 Å². The monoisotopic (exact) mass is 473 g/mol. The zero-order valence-corrected chi connectivity index (χ0v) is 16.7. The van der Waals surface area contributed by atoms with Crippen molar-refractivity contribution in [2.45, 2.75) is 24.5 Å². The fourth-order valence-electron chi connectivity index (χ4n) is 2.36. The molecule has 1 atom stereocenters. The minimum absolute atomic E-state index is 0. The molecule has 0 bridgehead atoms. The second-order valence-corrected chi connectivity index (χ2v) is 7.99. The molecular formula is C14H21ClIN3O3S. The molecule has 0 aromatic heterocycles. The molecule has 0 amide bonds. The largest absolute Gasteiger partial charge is 0.495 e. The first-order valence-corrected chi connectivity index (χ1v) is 9.14. The summed E-state index contributed by atoms with van der Waals surface area (Å²) in [6.07, 6.45) is 2.30. The number of sulfone groups is 1. The van der Waals surface area contributed by atoms with Crippen molar-refractivity contribution in [1.82, 2.24) is 0 Å². The average Bonchev–Trinajstić information content (AvgIpc) is 2.46. The summed E-state index contributed by atoms with van der Waals surface area (Å²) in [6.45, 7) is 0.186. The van der Waals surface area contributed by atoms with Gasteiger partial charge in [0, 0.05) is 5.69 Å². The predicted octanol–water partition coefficient (Wildman–Crippen LogP) is 2.66. The zero-order chi connectivity index (χ0) is 16.2. The van der Waals surface area contributed by atoms with Gasteiger partial charge in [-0.1, -0.05) is 18.0 Å². The lowest BCUT2D eigenvalue weighted by Gasteiger charge is -2.20. The van der Waals surface area contributed by atoms with E-state index in [9.17, 15) is 8.42 Å². The van der Waals surface area contributed by atoms with Gasteiger partial charge in [0.25, 0.3) is 0 Å². The number of anilines is 1. The van der Waals surface area contributed by atoms with Crippen LogP contribution in [-0.2, 0) is 9.84 Å². The Morgan fingerprint density at radius 2 is 2.22 bits per heavy atom. The maximum atomic E-state index is 11.9. The Morgan fingerprint density at radius 1 is 1.48 bits per heavy atom. The van der Waals surface area contributed by atoms with Crippen molar-refractivity contribution in [2.24, 2.45) is 10.7 Å². The number of rotatable bonds is 4. The molecule has 23 heavy (non-hydrogen) atoms. The molecule has 1 saturated heterocycles. The van der Waals surface area contributed by atoms with E-state index in [4.69, 9.17) is 22.1 Å². The summed E-state index contributed by atoms with van der Waals surface area (Å²) in [6, 6.07) is 5.13. The van der Waals surface area contributed by atoms with Crippen molar-refractivity contribution in [1.29, 1.82) is 0 Å². The third kappa shape index (κ3) is 5.68. The number of ether oxygens (including phenoxy) is 1. The first kappa shape index (κ1) is 20.3. The van der Waals surface area contributed by atoms with E-state index in [1.54, 1.807) is 18.2 Å². The molecule has 9 heteroatoms. The lowest BCUT2D eigenvalue weighted by Crippen LogP contribution is -2.32. The topological polar surface area (TPSA) is 93.8 Å². The van der Waals surface area contributed by atoms with Crippen molar-refractivity contribution in [3.05, 3.63) is 23.2 Å². The summed E-state index contributed by atoms with van der Waals surface area (Å²) in [4.78, 5) is 4.14. The van der Waals surface area contributed by atoms with Crippen LogP contribution in [-0.4, -0.2) is 39.0 Å². The maximum absolute atomic E-state index is 11.9. The molecule has 1 aromatic carbocycles. The second-order valence-electron chi connectivity index (χ2n) is 5.19. The third-order valence-corrected chi connectivity index (χ3v) is 6.16. The number of hydrogen-bond acceptors (Lipinski definition) is 4. The Kier molecular flexibility index (Phi) is 7.88. The van der Waals surface area contributed by atoms with Crippen LogP contribution >= 0.6 is 35.6 Å². The van der Waals surface area contributed by atoms with E-state index in [2.05, 4.69) is 10.3 Å². The molecule has 0 spiro atoms. The van der Waals surface area contributed by atoms with Gasteiger partial charge in [0.05, 0.1) is 29.7 Å². The molecule has 1 aromatic rings. The van der Waals surface area contributed by atoms with Crippen LogP contribution in [0.15, 0.2) is 23.2 Å². The molecular weight excluding hydrogens is 453 g/mol. The molecule has 1 heterocycles. The second kappa shape index (κ2) is 8.93. The van der Waals surface area contributed by atoms with Crippen LogP contribution < -0.4 is 15.8 Å². The number of aliphatic imine (C=N–C) groups is 1. The normalized spacial score (nSPS) is 20.4. The standard InChI is InChI=1S/C14H20ClN3O3S.HI/c1-21-13-6-5-10(8-12(13)15)18-14(16)17-9-11-4-2-3-7-22(11,19)20;/h5-6,8,11H,2-4,7,9H2,1H3,(H3,16,17,18);1H. The molecule has 6 nitrogen and oxygen atoms in total.